The Bertz CT molecular complexity index is 1700. The minimum absolute atomic E-state index is 0.0133. The molecule has 0 aliphatic carbocycles. The fourth-order valence-corrected chi connectivity index (χ4v) is 6.29. The number of nitrogens with zero attached hydrogens (tertiary/aromatic N) is 2. The number of carbonyl (C=O) groups excluding carboxylic acids is 1. The summed E-state index contributed by atoms with van der Waals surface area (Å²) in [5.41, 5.74) is 5.15. The molecule has 6 rings (SSSR count). The van der Waals surface area contributed by atoms with Crippen LogP contribution in [-0.2, 0) is 24.5 Å². The molecule has 5 aromatic rings. The molecule has 0 bridgehead atoms. The van der Waals surface area contributed by atoms with Gasteiger partial charge >= 0.3 is 0 Å². The summed E-state index contributed by atoms with van der Waals surface area (Å²) in [5, 5.41) is 13.6. The van der Waals surface area contributed by atoms with Gasteiger partial charge in [0.15, 0.2) is 0 Å². The predicted octanol–water partition coefficient (Wildman–Crippen LogP) is 5.76. The fourth-order valence-electron chi connectivity index (χ4n) is 5.40. The highest BCUT2D eigenvalue weighted by atomic mass is 32.2. The summed E-state index contributed by atoms with van der Waals surface area (Å²) in [6.07, 6.45) is 1.97. The van der Waals surface area contributed by atoms with E-state index in [2.05, 4.69) is 5.32 Å². The molecule has 0 saturated carbocycles. The fraction of sp³-hybridized carbons (Fsp3) is 0.188. The summed E-state index contributed by atoms with van der Waals surface area (Å²) in [7, 11) is 0. The number of pyridine rings is 1. The van der Waals surface area contributed by atoms with E-state index < -0.39 is 23.1 Å². The number of fused-ring (bicyclic) bond motifs is 2. The van der Waals surface area contributed by atoms with Gasteiger partial charge in [-0.25, -0.2) is 9.37 Å². The van der Waals surface area contributed by atoms with Gasteiger partial charge in [0.2, 0.25) is 0 Å². The molecule has 1 amide bonds. The van der Waals surface area contributed by atoms with Crippen molar-refractivity contribution in [1.82, 2.24) is 14.6 Å². The molecular weight excluding hydrogens is 541 g/mol. The Hall–Kier alpha value is -4.02. The summed E-state index contributed by atoms with van der Waals surface area (Å²) < 4.78 is 34.7. The van der Waals surface area contributed by atoms with Crippen LogP contribution in [0.2, 0.25) is 0 Å². The standard InChI is InChI=1S/C32H28FN3O4S/c1-41(39)36-19-24-16-26(32(38)34-18-23-8-2-4-11-25(23)33)35-31(30(24)27(36)13-14-37)22-10-6-9-20(15-22)29-17-21-7-3-5-12-28(21)40-29/h2-12,15-17,27,37H,13-14,18-19H2,1H3,(H,34,38)/t27-,41?/m1/s1. The Morgan fingerprint density at radius 3 is 2.66 bits per heavy atom. The van der Waals surface area contributed by atoms with Crippen LogP contribution in [0.25, 0.3) is 33.6 Å². The number of halogens is 1. The van der Waals surface area contributed by atoms with E-state index in [0.29, 0.717) is 30.0 Å². The molecular formula is C32H28FN3O4S. The number of aliphatic hydroxyl groups excluding tert-OH is 1. The SMILES string of the molecule is C[S+]([O-])N1Cc2cc(C(=O)NCc3ccccc3F)nc(-c3cccc(-c4cc5ccccc5o4)c3)c2[C@H]1CCO. The van der Waals surface area contributed by atoms with E-state index in [1.54, 1.807) is 34.8 Å². The topological polar surface area (TPSA) is 102 Å². The van der Waals surface area contributed by atoms with E-state index in [1.165, 1.54) is 6.07 Å². The van der Waals surface area contributed by atoms with Gasteiger partial charge in [0.25, 0.3) is 5.91 Å². The molecule has 208 valence electrons. The van der Waals surface area contributed by atoms with Gasteiger partial charge in [-0.3, -0.25) is 4.79 Å². The lowest BCUT2D eigenvalue weighted by molar-refractivity contribution is 0.0945. The average Bonchev–Trinajstić information content (AvgIpc) is 3.58. The minimum Gasteiger partial charge on any atom is -0.598 e. The molecule has 0 radical (unpaired) electrons. The lowest BCUT2D eigenvalue weighted by atomic mass is 9.95. The number of aliphatic hydroxyl groups is 1. The summed E-state index contributed by atoms with van der Waals surface area (Å²) in [6, 6.07) is 25.1. The van der Waals surface area contributed by atoms with Crippen molar-refractivity contribution < 1.29 is 23.3 Å². The van der Waals surface area contributed by atoms with Crippen molar-refractivity contribution in [2.75, 3.05) is 12.9 Å². The van der Waals surface area contributed by atoms with Crippen LogP contribution in [-0.4, -0.2) is 37.7 Å². The first-order valence-electron chi connectivity index (χ1n) is 13.3. The number of para-hydroxylation sites is 1. The van der Waals surface area contributed by atoms with Gasteiger partial charge in [-0.1, -0.05) is 54.6 Å². The monoisotopic (exact) mass is 569 g/mol. The number of hydrogen-bond donors (Lipinski definition) is 2. The molecule has 2 atom stereocenters. The van der Waals surface area contributed by atoms with Crippen LogP contribution < -0.4 is 5.32 Å². The Labute approximate surface area is 240 Å². The molecule has 0 saturated heterocycles. The van der Waals surface area contributed by atoms with Crippen LogP contribution in [0.3, 0.4) is 0 Å². The summed E-state index contributed by atoms with van der Waals surface area (Å²) >= 11 is -1.32. The van der Waals surface area contributed by atoms with Gasteiger partial charge in [-0.15, -0.1) is 4.31 Å². The maximum absolute atomic E-state index is 14.2. The Kier molecular flexibility index (Phi) is 7.59. The maximum Gasteiger partial charge on any atom is 0.270 e. The molecule has 1 aliphatic heterocycles. The molecule has 41 heavy (non-hydrogen) atoms. The number of furan rings is 1. The number of hydrogen-bond acceptors (Lipinski definition) is 6. The van der Waals surface area contributed by atoms with E-state index in [9.17, 15) is 18.8 Å². The normalized spacial score (nSPS) is 15.7. The Balaban J connectivity index is 1.43. The van der Waals surface area contributed by atoms with Gasteiger partial charge in [-0.2, -0.15) is 0 Å². The third-order valence-corrected chi connectivity index (χ3v) is 8.40. The maximum atomic E-state index is 14.2. The van der Waals surface area contributed by atoms with Crippen molar-refractivity contribution in [3.05, 3.63) is 113 Å². The van der Waals surface area contributed by atoms with E-state index in [4.69, 9.17) is 9.40 Å². The van der Waals surface area contributed by atoms with Crippen LogP contribution in [0.1, 0.15) is 39.6 Å². The molecule has 2 N–H and O–H groups in total. The summed E-state index contributed by atoms with van der Waals surface area (Å²) in [4.78, 5) is 18.1. The van der Waals surface area contributed by atoms with Crippen molar-refractivity contribution in [3.63, 3.8) is 0 Å². The second kappa shape index (κ2) is 11.5. The number of benzene rings is 3. The van der Waals surface area contributed by atoms with Gasteiger partial charge in [0.05, 0.1) is 18.3 Å². The molecule has 3 aromatic carbocycles. The molecule has 1 aliphatic rings. The average molecular weight is 570 g/mol. The van der Waals surface area contributed by atoms with Crippen LogP contribution in [0.4, 0.5) is 4.39 Å². The first kappa shape index (κ1) is 27.2. The Morgan fingerprint density at radius 1 is 1.10 bits per heavy atom. The highest BCUT2D eigenvalue weighted by molar-refractivity contribution is 7.88. The third kappa shape index (κ3) is 5.37. The van der Waals surface area contributed by atoms with E-state index >= 15 is 0 Å². The first-order valence-corrected chi connectivity index (χ1v) is 14.8. The first-order chi connectivity index (χ1) is 19.9. The largest absolute Gasteiger partial charge is 0.598 e. The molecule has 3 heterocycles. The van der Waals surface area contributed by atoms with Crippen molar-refractivity contribution >= 4 is 28.2 Å². The zero-order valence-electron chi connectivity index (χ0n) is 22.3. The lowest BCUT2D eigenvalue weighted by Crippen LogP contribution is -2.29. The van der Waals surface area contributed by atoms with Crippen LogP contribution in [0.5, 0.6) is 0 Å². The number of rotatable bonds is 8. The number of carbonyl (C=O) groups is 1. The van der Waals surface area contributed by atoms with Gasteiger partial charge in [-0.05, 0) is 42.3 Å². The van der Waals surface area contributed by atoms with Gasteiger partial charge in [0, 0.05) is 52.2 Å². The van der Waals surface area contributed by atoms with Crippen LogP contribution in [0, 0.1) is 5.82 Å². The van der Waals surface area contributed by atoms with E-state index in [-0.39, 0.29) is 24.9 Å². The second-order valence-corrected chi connectivity index (χ2v) is 11.3. The van der Waals surface area contributed by atoms with Crippen LogP contribution in [0.15, 0.2) is 89.3 Å². The molecule has 0 spiro atoms. The van der Waals surface area contributed by atoms with Crippen molar-refractivity contribution in [3.8, 4) is 22.6 Å². The molecule has 7 nitrogen and oxygen atoms in total. The zero-order chi connectivity index (χ0) is 28.5. The lowest BCUT2D eigenvalue weighted by Gasteiger charge is -2.24. The number of nitrogens with one attached hydrogen (secondary N) is 1. The smallest absolute Gasteiger partial charge is 0.270 e. The molecule has 1 unspecified atom stereocenters. The predicted molar refractivity (Wildman–Crippen MR) is 157 cm³/mol. The number of aromatic nitrogens is 1. The number of amides is 1. The van der Waals surface area contributed by atoms with E-state index in [0.717, 1.165) is 33.2 Å². The highest BCUT2D eigenvalue weighted by Gasteiger charge is 2.39. The zero-order valence-corrected chi connectivity index (χ0v) is 23.2. The summed E-state index contributed by atoms with van der Waals surface area (Å²) in [6.45, 7) is 0.260. The highest BCUT2D eigenvalue weighted by Crippen LogP contribution is 2.43. The quantitative estimate of drug-likeness (QED) is 0.230. The van der Waals surface area contributed by atoms with Gasteiger partial charge in [0.1, 0.15) is 29.1 Å². The molecule has 9 heteroatoms. The van der Waals surface area contributed by atoms with Gasteiger partial charge < -0.3 is 19.4 Å². The van der Waals surface area contributed by atoms with E-state index in [1.807, 2.05) is 54.6 Å². The minimum atomic E-state index is -1.32. The second-order valence-electron chi connectivity index (χ2n) is 9.96. The summed E-state index contributed by atoms with van der Waals surface area (Å²) in [5.74, 6) is -0.141. The third-order valence-electron chi connectivity index (χ3n) is 7.36. The molecule has 0 fully saturated rings. The molecule has 2 aromatic heterocycles. The van der Waals surface area contributed by atoms with Crippen molar-refractivity contribution in [2.24, 2.45) is 0 Å². The van der Waals surface area contributed by atoms with Crippen molar-refractivity contribution in [2.45, 2.75) is 25.6 Å². The Morgan fingerprint density at radius 2 is 1.88 bits per heavy atom. The van der Waals surface area contributed by atoms with Crippen LogP contribution >= 0.6 is 0 Å². The van der Waals surface area contributed by atoms with Crippen molar-refractivity contribution in [1.29, 1.82) is 0 Å².